The Balaban J connectivity index is 2.41. The first-order chi connectivity index (χ1) is 9.86. The lowest BCUT2D eigenvalue weighted by molar-refractivity contribution is -0.137. The van der Waals surface area contributed by atoms with Crippen LogP contribution < -0.4 is 5.32 Å². The number of rotatable bonds is 7. The molecule has 21 heavy (non-hydrogen) atoms. The van der Waals surface area contributed by atoms with Gasteiger partial charge in [0.15, 0.2) is 0 Å². The van der Waals surface area contributed by atoms with Gasteiger partial charge >= 0.3 is 6.18 Å². The summed E-state index contributed by atoms with van der Waals surface area (Å²) in [7, 11) is 0. The van der Waals surface area contributed by atoms with E-state index in [9.17, 15) is 18.0 Å². The van der Waals surface area contributed by atoms with Gasteiger partial charge in [0, 0.05) is 13.1 Å². The van der Waals surface area contributed by atoms with Crippen LogP contribution in [0.2, 0.25) is 0 Å². The van der Waals surface area contributed by atoms with Crippen molar-refractivity contribution in [3.8, 4) is 0 Å². The highest BCUT2D eigenvalue weighted by Crippen LogP contribution is 2.29. The van der Waals surface area contributed by atoms with E-state index >= 15 is 0 Å². The fraction of sp³-hybridized carbons (Fsp3) is 0.533. The van der Waals surface area contributed by atoms with Crippen molar-refractivity contribution < 1.29 is 18.0 Å². The predicted octanol–water partition coefficient (Wildman–Crippen LogP) is 2.71. The number of hydrogen-bond donors (Lipinski definition) is 1. The lowest BCUT2D eigenvalue weighted by Gasteiger charge is -2.17. The molecule has 0 aliphatic rings. The van der Waals surface area contributed by atoms with Crippen molar-refractivity contribution in [3.63, 3.8) is 0 Å². The molecule has 0 aliphatic heterocycles. The Labute approximate surface area is 123 Å². The van der Waals surface area contributed by atoms with Crippen LogP contribution in [0.25, 0.3) is 0 Å². The van der Waals surface area contributed by atoms with Crippen molar-refractivity contribution in [1.29, 1.82) is 0 Å². The molecule has 3 nitrogen and oxygen atoms in total. The second-order valence-electron chi connectivity index (χ2n) is 4.75. The first kappa shape index (κ1) is 17.5. The van der Waals surface area contributed by atoms with Crippen molar-refractivity contribution in [1.82, 2.24) is 10.2 Å². The maximum absolute atomic E-state index is 12.4. The summed E-state index contributed by atoms with van der Waals surface area (Å²) < 4.78 is 37.2. The van der Waals surface area contributed by atoms with Crippen molar-refractivity contribution in [2.45, 2.75) is 26.4 Å². The van der Waals surface area contributed by atoms with E-state index in [4.69, 9.17) is 0 Å². The van der Waals surface area contributed by atoms with E-state index in [1.807, 2.05) is 13.8 Å². The van der Waals surface area contributed by atoms with Gasteiger partial charge in [-0.2, -0.15) is 13.2 Å². The van der Waals surface area contributed by atoms with Crippen LogP contribution in [0.5, 0.6) is 0 Å². The number of carbonyl (C=O) groups is 1. The molecule has 118 valence electrons. The number of benzene rings is 1. The molecule has 0 aliphatic carbocycles. The van der Waals surface area contributed by atoms with Crippen LogP contribution in [0.4, 0.5) is 13.2 Å². The normalized spacial score (nSPS) is 11.7. The third-order valence-electron chi connectivity index (χ3n) is 3.29. The van der Waals surface area contributed by atoms with Crippen LogP contribution >= 0.6 is 0 Å². The molecular weight excluding hydrogens is 281 g/mol. The molecule has 1 aromatic carbocycles. The molecule has 0 spiro atoms. The van der Waals surface area contributed by atoms with E-state index in [-0.39, 0.29) is 12.3 Å². The van der Waals surface area contributed by atoms with Crippen LogP contribution in [-0.4, -0.2) is 37.0 Å². The minimum atomic E-state index is -4.34. The lowest BCUT2D eigenvalue weighted by Crippen LogP contribution is -2.35. The summed E-state index contributed by atoms with van der Waals surface area (Å²) in [4.78, 5) is 13.9. The fourth-order valence-corrected chi connectivity index (χ4v) is 1.95. The smallest absolute Gasteiger partial charge is 0.355 e. The Morgan fingerprint density at radius 1 is 1.14 bits per heavy atom. The van der Waals surface area contributed by atoms with E-state index < -0.39 is 11.7 Å². The standard InChI is InChI=1S/C15H21F3N2O/c1-3-20(4-2)10-9-19-14(21)11-12-5-7-13(8-6-12)15(16,17)18/h5-8H,3-4,9-11H2,1-2H3,(H,19,21). The van der Waals surface area contributed by atoms with Gasteiger partial charge in [-0.1, -0.05) is 26.0 Å². The van der Waals surface area contributed by atoms with Crippen molar-refractivity contribution in [2.75, 3.05) is 26.2 Å². The van der Waals surface area contributed by atoms with Crippen molar-refractivity contribution in [2.24, 2.45) is 0 Å². The SMILES string of the molecule is CCN(CC)CCNC(=O)Cc1ccc(C(F)(F)F)cc1. The first-order valence-electron chi connectivity index (χ1n) is 7.02. The fourth-order valence-electron chi connectivity index (χ4n) is 1.95. The zero-order valence-corrected chi connectivity index (χ0v) is 12.3. The van der Waals surface area contributed by atoms with E-state index in [1.165, 1.54) is 12.1 Å². The molecule has 1 N–H and O–H groups in total. The molecule has 1 aromatic rings. The summed E-state index contributed by atoms with van der Waals surface area (Å²) in [5, 5.41) is 2.77. The average molecular weight is 302 g/mol. The average Bonchev–Trinajstić information content (AvgIpc) is 2.43. The highest BCUT2D eigenvalue weighted by molar-refractivity contribution is 5.78. The summed E-state index contributed by atoms with van der Waals surface area (Å²) in [5.74, 6) is -0.179. The van der Waals surface area contributed by atoms with Gasteiger partial charge in [0.1, 0.15) is 0 Å². The second kappa shape index (κ2) is 8.02. The van der Waals surface area contributed by atoms with Crippen LogP contribution in [0.15, 0.2) is 24.3 Å². The molecule has 1 rings (SSSR count). The van der Waals surface area contributed by atoms with Gasteiger partial charge in [0.25, 0.3) is 0 Å². The Bertz CT molecular complexity index is 439. The third kappa shape index (κ3) is 6.16. The van der Waals surface area contributed by atoms with Gasteiger partial charge in [-0.05, 0) is 30.8 Å². The number of likely N-dealkylation sites (N-methyl/N-ethyl adjacent to an activating group) is 1. The number of nitrogens with zero attached hydrogens (tertiary/aromatic N) is 1. The number of nitrogens with one attached hydrogen (secondary N) is 1. The van der Waals surface area contributed by atoms with E-state index in [2.05, 4.69) is 10.2 Å². The largest absolute Gasteiger partial charge is 0.416 e. The molecule has 0 atom stereocenters. The zero-order valence-electron chi connectivity index (χ0n) is 12.3. The Kier molecular flexibility index (Phi) is 6.68. The summed E-state index contributed by atoms with van der Waals surface area (Å²) in [5.41, 5.74) is -0.128. The quantitative estimate of drug-likeness (QED) is 0.840. The van der Waals surface area contributed by atoms with Crippen LogP contribution in [0.1, 0.15) is 25.0 Å². The highest BCUT2D eigenvalue weighted by atomic mass is 19.4. The Hall–Kier alpha value is -1.56. The minimum Gasteiger partial charge on any atom is -0.355 e. The molecule has 1 amide bonds. The summed E-state index contributed by atoms with van der Waals surface area (Å²) >= 11 is 0. The molecule has 6 heteroatoms. The molecule has 0 radical (unpaired) electrons. The molecular formula is C15H21F3N2O. The minimum absolute atomic E-state index is 0.0936. The summed E-state index contributed by atoms with van der Waals surface area (Å²) in [6.45, 7) is 7.25. The molecule has 0 fully saturated rings. The van der Waals surface area contributed by atoms with Gasteiger partial charge in [0.2, 0.25) is 5.91 Å². The predicted molar refractivity (Wildman–Crippen MR) is 75.9 cm³/mol. The molecule has 0 saturated heterocycles. The Morgan fingerprint density at radius 3 is 2.19 bits per heavy atom. The number of alkyl halides is 3. The van der Waals surface area contributed by atoms with Crippen LogP contribution in [0, 0.1) is 0 Å². The summed E-state index contributed by atoms with van der Waals surface area (Å²) in [6, 6.07) is 4.68. The first-order valence-corrected chi connectivity index (χ1v) is 7.02. The topological polar surface area (TPSA) is 32.3 Å². The van der Waals surface area contributed by atoms with Crippen LogP contribution in [-0.2, 0) is 17.4 Å². The van der Waals surface area contributed by atoms with Gasteiger partial charge in [0.05, 0.1) is 12.0 Å². The van der Waals surface area contributed by atoms with Crippen molar-refractivity contribution >= 4 is 5.91 Å². The molecule has 0 saturated carbocycles. The highest BCUT2D eigenvalue weighted by Gasteiger charge is 2.29. The number of halogens is 3. The summed E-state index contributed by atoms with van der Waals surface area (Å²) in [6.07, 6.45) is -4.25. The number of amides is 1. The number of hydrogen-bond acceptors (Lipinski definition) is 2. The van der Waals surface area contributed by atoms with E-state index in [0.717, 1.165) is 31.8 Å². The van der Waals surface area contributed by atoms with Gasteiger partial charge < -0.3 is 10.2 Å². The molecule has 0 heterocycles. The maximum atomic E-state index is 12.4. The monoisotopic (exact) mass is 302 g/mol. The zero-order chi connectivity index (χ0) is 15.9. The van der Waals surface area contributed by atoms with Crippen molar-refractivity contribution in [3.05, 3.63) is 35.4 Å². The van der Waals surface area contributed by atoms with Gasteiger partial charge in [-0.25, -0.2) is 0 Å². The molecule has 0 aromatic heterocycles. The number of carbonyl (C=O) groups excluding carboxylic acids is 1. The van der Waals surface area contributed by atoms with E-state index in [0.29, 0.717) is 12.1 Å². The molecule has 0 unspecified atom stereocenters. The Morgan fingerprint density at radius 2 is 1.71 bits per heavy atom. The maximum Gasteiger partial charge on any atom is 0.416 e. The van der Waals surface area contributed by atoms with E-state index in [1.54, 1.807) is 0 Å². The molecule has 0 bridgehead atoms. The second-order valence-corrected chi connectivity index (χ2v) is 4.75. The lowest BCUT2D eigenvalue weighted by atomic mass is 10.1. The third-order valence-corrected chi connectivity index (χ3v) is 3.29. The van der Waals surface area contributed by atoms with Gasteiger partial charge in [-0.15, -0.1) is 0 Å². The van der Waals surface area contributed by atoms with Crippen LogP contribution in [0.3, 0.4) is 0 Å². The van der Waals surface area contributed by atoms with Gasteiger partial charge in [-0.3, -0.25) is 4.79 Å².